The van der Waals surface area contributed by atoms with Crippen molar-refractivity contribution in [2.75, 3.05) is 0 Å². The lowest BCUT2D eigenvalue weighted by Crippen LogP contribution is -1.84. The van der Waals surface area contributed by atoms with Crippen LogP contribution in [0.1, 0.15) is 11.1 Å². The van der Waals surface area contributed by atoms with Crippen molar-refractivity contribution in [1.29, 1.82) is 0 Å². The summed E-state index contributed by atoms with van der Waals surface area (Å²) in [5.74, 6) is 0. The Morgan fingerprint density at radius 2 is 2.07 bits per heavy atom. The number of benzene rings is 1. The van der Waals surface area contributed by atoms with Crippen LogP contribution >= 0.6 is 27.3 Å². The first kappa shape index (κ1) is 9.87. The lowest BCUT2D eigenvalue weighted by atomic mass is 10.0. The van der Waals surface area contributed by atoms with Gasteiger partial charge in [0, 0.05) is 10.9 Å². The first-order valence-corrected chi connectivity index (χ1v) is 6.03. The topological polar surface area (TPSA) is 12.9 Å². The monoisotopic (exact) mass is 267 g/mol. The van der Waals surface area contributed by atoms with Crippen LogP contribution in [0.15, 0.2) is 27.5 Å². The second-order valence-electron chi connectivity index (χ2n) is 3.30. The summed E-state index contributed by atoms with van der Waals surface area (Å²) in [5.41, 5.74) is 4.85. The molecule has 14 heavy (non-hydrogen) atoms. The Kier molecular flexibility index (Phi) is 2.70. The summed E-state index contributed by atoms with van der Waals surface area (Å²) in [7, 11) is 0. The molecule has 72 valence electrons. The van der Waals surface area contributed by atoms with Gasteiger partial charge in [0.1, 0.15) is 0 Å². The zero-order chi connectivity index (χ0) is 10.1. The van der Waals surface area contributed by atoms with Gasteiger partial charge in [-0.05, 0) is 35.3 Å². The van der Waals surface area contributed by atoms with Crippen LogP contribution in [0.4, 0.5) is 0 Å². The average Bonchev–Trinajstić information content (AvgIpc) is 2.51. The van der Waals surface area contributed by atoms with E-state index in [9.17, 15) is 0 Å². The first-order valence-electron chi connectivity index (χ1n) is 4.35. The third-order valence-corrected chi connectivity index (χ3v) is 3.50. The Hall–Kier alpha value is -0.670. The second-order valence-corrected chi connectivity index (χ2v) is 5.44. The predicted molar refractivity (Wildman–Crippen MR) is 64.7 cm³/mol. The van der Waals surface area contributed by atoms with E-state index in [4.69, 9.17) is 0 Å². The molecule has 0 N–H and O–H groups in total. The Morgan fingerprint density at radius 3 is 2.64 bits per heavy atom. The van der Waals surface area contributed by atoms with Gasteiger partial charge >= 0.3 is 0 Å². The van der Waals surface area contributed by atoms with E-state index in [-0.39, 0.29) is 0 Å². The van der Waals surface area contributed by atoms with Gasteiger partial charge in [0.15, 0.2) is 3.92 Å². The fourth-order valence-electron chi connectivity index (χ4n) is 1.48. The molecule has 0 radical (unpaired) electrons. The van der Waals surface area contributed by atoms with Crippen molar-refractivity contribution in [3.63, 3.8) is 0 Å². The molecule has 1 nitrogen and oxygen atoms in total. The number of thiazole rings is 1. The molecule has 1 heterocycles. The third-order valence-electron chi connectivity index (χ3n) is 2.13. The van der Waals surface area contributed by atoms with E-state index in [0.717, 1.165) is 9.61 Å². The van der Waals surface area contributed by atoms with Crippen LogP contribution in [-0.2, 0) is 0 Å². The number of nitrogens with zero attached hydrogens (tertiary/aromatic N) is 1. The molecule has 0 amide bonds. The van der Waals surface area contributed by atoms with E-state index in [1.807, 2.05) is 0 Å². The molecule has 1 aromatic carbocycles. The minimum Gasteiger partial charge on any atom is -0.229 e. The summed E-state index contributed by atoms with van der Waals surface area (Å²) in [6.45, 7) is 4.23. The van der Waals surface area contributed by atoms with Crippen molar-refractivity contribution in [2.24, 2.45) is 0 Å². The summed E-state index contributed by atoms with van der Waals surface area (Å²) < 4.78 is 0.937. The molecule has 0 aliphatic heterocycles. The van der Waals surface area contributed by atoms with E-state index < -0.39 is 0 Å². The highest BCUT2D eigenvalue weighted by molar-refractivity contribution is 9.11. The standard InChI is InChI=1S/C11H10BrNS/c1-7-3-4-9(8(2)5-7)10-6-14-11(12)13-10/h3-6H,1-2H3. The van der Waals surface area contributed by atoms with Crippen molar-refractivity contribution in [1.82, 2.24) is 4.98 Å². The molecule has 1 aromatic heterocycles. The number of rotatable bonds is 1. The fraction of sp³-hybridized carbons (Fsp3) is 0.182. The highest BCUT2D eigenvalue weighted by Gasteiger charge is 2.05. The van der Waals surface area contributed by atoms with Crippen molar-refractivity contribution in [2.45, 2.75) is 13.8 Å². The van der Waals surface area contributed by atoms with Crippen LogP contribution in [0.3, 0.4) is 0 Å². The Labute approximate surface area is 95.9 Å². The van der Waals surface area contributed by atoms with Gasteiger partial charge in [-0.1, -0.05) is 23.8 Å². The quantitative estimate of drug-likeness (QED) is 0.755. The minimum atomic E-state index is 0.937. The summed E-state index contributed by atoms with van der Waals surface area (Å²) in [5, 5.41) is 2.07. The average molecular weight is 268 g/mol. The normalized spacial score (nSPS) is 10.5. The molecule has 0 atom stereocenters. The molecule has 2 rings (SSSR count). The number of halogens is 1. The summed E-state index contributed by atoms with van der Waals surface area (Å²) in [6.07, 6.45) is 0. The van der Waals surface area contributed by atoms with Crippen molar-refractivity contribution >= 4 is 27.3 Å². The van der Waals surface area contributed by atoms with Crippen LogP contribution < -0.4 is 0 Å². The molecular formula is C11H10BrNS. The van der Waals surface area contributed by atoms with Gasteiger partial charge in [-0.2, -0.15) is 0 Å². The van der Waals surface area contributed by atoms with Gasteiger partial charge in [0.25, 0.3) is 0 Å². The highest BCUT2D eigenvalue weighted by Crippen LogP contribution is 2.27. The molecule has 0 aliphatic rings. The molecule has 0 bridgehead atoms. The first-order chi connectivity index (χ1) is 6.66. The zero-order valence-electron chi connectivity index (χ0n) is 8.04. The van der Waals surface area contributed by atoms with E-state index in [1.54, 1.807) is 11.3 Å². The molecule has 0 saturated heterocycles. The number of aryl methyl sites for hydroxylation is 2. The lowest BCUT2D eigenvalue weighted by molar-refractivity contribution is 1.32. The number of aromatic nitrogens is 1. The van der Waals surface area contributed by atoms with E-state index in [1.165, 1.54) is 16.7 Å². The molecule has 3 heteroatoms. The molecule has 0 fully saturated rings. The number of hydrogen-bond acceptors (Lipinski definition) is 2. The van der Waals surface area contributed by atoms with Crippen LogP contribution in [0.25, 0.3) is 11.3 Å². The zero-order valence-corrected chi connectivity index (χ0v) is 10.4. The summed E-state index contributed by atoms with van der Waals surface area (Å²) >= 11 is 4.99. The van der Waals surface area contributed by atoms with Gasteiger partial charge in [0.05, 0.1) is 5.69 Å². The van der Waals surface area contributed by atoms with Gasteiger partial charge < -0.3 is 0 Å². The SMILES string of the molecule is Cc1ccc(-c2csc(Br)n2)c(C)c1. The minimum absolute atomic E-state index is 0.937. The van der Waals surface area contributed by atoms with Crippen molar-refractivity contribution < 1.29 is 0 Å². The van der Waals surface area contributed by atoms with E-state index >= 15 is 0 Å². The Morgan fingerprint density at radius 1 is 1.29 bits per heavy atom. The maximum atomic E-state index is 4.41. The Bertz CT molecular complexity index is 462. The molecule has 0 unspecified atom stereocenters. The predicted octanol–water partition coefficient (Wildman–Crippen LogP) is 4.19. The largest absolute Gasteiger partial charge is 0.229 e. The van der Waals surface area contributed by atoms with Gasteiger partial charge in [-0.3, -0.25) is 0 Å². The smallest absolute Gasteiger partial charge is 0.159 e. The van der Waals surface area contributed by atoms with E-state index in [2.05, 4.69) is 58.3 Å². The molecule has 0 aliphatic carbocycles. The Balaban J connectivity index is 2.52. The van der Waals surface area contributed by atoms with Crippen LogP contribution in [0.2, 0.25) is 0 Å². The molecular weight excluding hydrogens is 258 g/mol. The highest BCUT2D eigenvalue weighted by atomic mass is 79.9. The van der Waals surface area contributed by atoms with E-state index in [0.29, 0.717) is 0 Å². The molecule has 0 saturated carbocycles. The summed E-state index contributed by atoms with van der Waals surface area (Å²) in [4.78, 5) is 4.41. The maximum absolute atomic E-state index is 4.41. The maximum Gasteiger partial charge on any atom is 0.159 e. The summed E-state index contributed by atoms with van der Waals surface area (Å²) in [6, 6.07) is 6.43. The van der Waals surface area contributed by atoms with Gasteiger partial charge in [-0.25, -0.2) is 4.98 Å². The molecule has 0 spiro atoms. The van der Waals surface area contributed by atoms with Gasteiger partial charge in [-0.15, -0.1) is 11.3 Å². The second kappa shape index (κ2) is 3.83. The lowest BCUT2D eigenvalue weighted by Gasteiger charge is -2.02. The van der Waals surface area contributed by atoms with Crippen LogP contribution in [0, 0.1) is 13.8 Å². The molecule has 2 aromatic rings. The third kappa shape index (κ3) is 1.88. The fourth-order valence-corrected chi connectivity index (χ4v) is 2.49. The number of hydrogen-bond donors (Lipinski definition) is 0. The van der Waals surface area contributed by atoms with Crippen molar-refractivity contribution in [3.05, 3.63) is 38.6 Å². The van der Waals surface area contributed by atoms with Crippen molar-refractivity contribution in [3.8, 4) is 11.3 Å². The van der Waals surface area contributed by atoms with Crippen LogP contribution in [-0.4, -0.2) is 4.98 Å². The van der Waals surface area contributed by atoms with Gasteiger partial charge in [0.2, 0.25) is 0 Å². The van der Waals surface area contributed by atoms with Crippen LogP contribution in [0.5, 0.6) is 0 Å².